The number of hydrogen-bond donors (Lipinski definition) is 1. The Bertz CT molecular complexity index is 605. The molecule has 3 rings (SSSR count). The van der Waals surface area contributed by atoms with E-state index in [1.165, 1.54) is 0 Å². The smallest absolute Gasteiger partial charge is 0.330 e. The number of benzene rings is 1. The highest BCUT2D eigenvalue weighted by Crippen LogP contribution is 2.48. The first-order valence-electron chi connectivity index (χ1n) is 6.87. The van der Waals surface area contributed by atoms with Gasteiger partial charge in [-0.3, -0.25) is 19.8 Å². The first kappa shape index (κ1) is 13.6. The normalized spacial score (nSPS) is 19.7. The van der Waals surface area contributed by atoms with Gasteiger partial charge in [0.2, 0.25) is 11.8 Å². The lowest BCUT2D eigenvalue weighted by molar-refractivity contribution is -0.144. The molecule has 0 bridgehead atoms. The Morgan fingerprint density at radius 3 is 2.43 bits per heavy atom. The van der Waals surface area contributed by atoms with E-state index in [4.69, 9.17) is 4.74 Å². The molecule has 0 unspecified atom stereocenters. The number of barbiturate groups is 1. The van der Waals surface area contributed by atoms with Gasteiger partial charge in [-0.2, -0.15) is 0 Å². The van der Waals surface area contributed by atoms with Crippen LogP contribution in [0.15, 0.2) is 24.3 Å². The van der Waals surface area contributed by atoms with Crippen LogP contribution in [0.2, 0.25) is 0 Å². The van der Waals surface area contributed by atoms with Crippen molar-refractivity contribution in [2.75, 3.05) is 13.7 Å². The predicted octanol–water partition coefficient (Wildman–Crippen LogP) is 1.10. The van der Waals surface area contributed by atoms with Crippen LogP contribution in [-0.2, 0) is 16.0 Å². The van der Waals surface area contributed by atoms with E-state index in [0.29, 0.717) is 19.3 Å². The van der Waals surface area contributed by atoms with Crippen LogP contribution in [0.25, 0.3) is 0 Å². The highest BCUT2D eigenvalue weighted by molar-refractivity contribution is 6.20. The third-order valence-electron chi connectivity index (χ3n) is 4.09. The molecule has 1 N–H and O–H groups in total. The third kappa shape index (κ3) is 2.26. The van der Waals surface area contributed by atoms with Crippen molar-refractivity contribution >= 4 is 17.8 Å². The van der Waals surface area contributed by atoms with Gasteiger partial charge >= 0.3 is 6.03 Å². The molecule has 6 nitrogen and oxygen atoms in total. The van der Waals surface area contributed by atoms with Crippen LogP contribution in [0.4, 0.5) is 4.79 Å². The van der Waals surface area contributed by atoms with E-state index in [-0.39, 0.29) is 12.5 Å². The van der Waals surface area contributed by atoms with Gasteiger partial charge in [0.25, 0.3) is 0 Å². The van der Waals surface area contributed by atoms with E-state index in [1.807, 2.05) is 24.3 Å². The SMILES string of the molecule is COc1ccc(CCN2C(=O)NC(=O)C3(CC3)C2=O)cc1. The van der Waals surface area contributed by atoms with Crippen molar-refractivity contribution in [3.05, 3.63) is 29.8 Å². The molecule has 1 aliphatic carbocycles. The zero-order valence-corrected chi connectivity index (χ0v) is 11.7. The Morgan fingerprint density at radius 1 is 1.19 bits per heavy atom. The Labute approximate surface area is 122 Å². The van der Waals surface area contributed by atoms with E-state index in [0.717, 1.165) is 16.2 Å². The van der Waals surface area contributed by atoms with Gasteiger partial charge in [-0.1, -0.05) is 12.1 Å². The zero-order chi connectivity index (χ0) is 15.0. The summed E-state index contributed by atoms with van der Waals surface area (Å²) in [4.78, 5) is 36.9. The fraction of sp³-hybridized carbons (Fsp3) is 0.400. The molecule has 110 valence electrons. The maximum Gasteiger partial charge on any atom is 0.330 e. The molecule has 21 heavy (non-hydrogen) atoms. The number of imide groups is 2. The molecule has 1 spiro atoms. The maximum atomic E-state index is 12.3. The number of ether oxygens (including phenoxy) is 1. The number of nitrogens with zero attached hydrogens (tertiary/aromatic N) is 1. The molecule has 4 amide bonds. The lowest BCUT2D eigenvalue weighted by atomic mass is 10.0. The molecule has 6 heteroatoms. The molecule has 1 aromatic rings. The molecule has 0 atom stereocenters. The van der Waals surface area contributed by atoms with Crippen molar-refractivity contribution in [3.8, 4) is 5.75 Å². The molecule has 1 saturated carbocycles. The van der Waals surface area contributed by atoms with Gasteiger partial charge in [0.05, 0.1) is 7.11 Å². The summed E-state index contributed by atoms with van der Waals surface area (Å²) in [5.74, 6) is -0.0453. The minimum absolute atomic E-state index is 0.270. The Morgan fingerprint density at radius 2 is 1.86 bits per heavy atom. The summed E-state index contributed by atoms with van der Waals surface area (Å²) in [6, 6.07) is 6.83. The fourth-order valence-electron chi connectivity index (χ4n) is 2.53. The minimum atomic E-state index is -0.964. The number of nitrogens with one attached hydrogen (secondary N) is 1. The molecule has 1 heterocycles. The lowest BCUT2D eigenvalue weighted by Gasteiger charge is -2.30. The number of carbonyl (C=O) groups excluding carboxylic acids is 3. The van der Waals surface area contributed by atoms with Crippen molar-refractivity contribution in [1.29, 1.82) is 0 Å². The Kier molecular flexibility index (Phi) is 3.16. The molecule has 1 aliphatic heterocycles. The van der Waals surface area contributed by atoms with Crippen molar-refractivity contribution in [1.82, 2.24) is 10.2 Å². The van der Waals surface area contributed by atoms with E-state index in [9.17, 15) is 14.4 Å². The highest BCUT2D eigenvalue weighted by Gasteiger charge is 2.61. The number of methoxy groups -OCH3 is 1. The molecule has 0 radical (unpaired) electrons. The van der Waals surface area contributed by atoms with Crippen LogP contribution in [0, 0.1) is 5.41 Å². The second-order valence-corrected chi connectivity index (χ2v) is 5.40. The van der Waals surface area contributed by atoms with Crippen LogP contribution < -0.4 is 10.1 Å². The largest absolute Gasteiger partial charge is 0.497 e. The zero-order valence-electron chi connectivity index (χ0n) is 11.7. The monoisotopic (exact) mass is 288 g/mol. The maximum absolute atomic E-state index is 12.3. The van der Waals surface area contributed by atoms with Crippen molar-refractivity contribution in [2.24, 2.45) is 5.41 Å². The summed E-state index contributed by atoms with van der Waals surface area (Å²) >= 11 is 0. The fourth-order valence-corrected chi connectivity index (χ4v) is 2.53. The summed E-state index contributed by atoms with van der Waals surface area (Å²) in [7, 11) is 1.60. The van der Waals surface area contributed by atoms with Gasteiger partial charge in [-0.15, -0.1) is 0 Å². The van der Waals surface area contributed by atoms with E-state index >= 15 is 0 Å². The number of urea groups is 1. The lowest BCUT2D eigenvalue weighted by Crippen LogP contribution is -2.59. The molecule has 0 aromatic heterocycles. The topological polar surface area (TPSA) is 75.7 Å². The first-order valence-corrected chi connectivity index (χ1v) is 6.87. The van der Waals surface area contributed by atoms with Crippen LogP contribution in [0.1, 0.15) is 18.4 Å². The predicted molar refractivity (Wildman–Crippen MR) is 73.6 cm³/mol. The van der Waals surface area contributed by atoms with Gasteiger partial charge < -0.3 is 4.74 Å². The quantitative estimate of drug-likeness (QED) is 0.842. The van der Waals surface area contributed by atoms with Gasteiger partial charge in [0.15, 0.2) is 0 Å². The van der Waals surface area contributed by atoms with Crippen molar-refractivity contribution < 1.29 is 19.1 Å². The number of hydrogen-bond acceptors (Lipinski definition) is 4. The summed E-state index contributed by atoms with van der Waals surface area (Å²) in [5, 5.41) is 2.27. The van der Waals surface area contributed by atoms with Crippen molar-refractivity contribution in [2.45, 2.75) is 19.3 Å². The average Bonchev–Trinajstić information content (AvgIpc) is 3.28. The Balaban J connectivity index is 1.67. The van der Waals surface area contributed by atoms with E-state index < -0.39 is 17.4 Å². The van der Waals surface area contributed by atoms with Gasteiger partial charge in [0.1, 0.15) is 11.2 Å². The summed E-state index contributed by atoms with van der Waals surface area (Å²) in [6.45, 7) is 0.270. The average molecular weight is 288 g/mol. The van der Waals surface area contributed by atoms with Gasteiger partial charge in [-0.25, -0.2) is 4.79 Å². The summed E-state index contributed by atoms with van der Waals surface area (Å²) < 4.78 is 5.08. The molecule has 2 fully saturated rings. The molecule has 1 saturated heterocycles. The molecular weight excluding hydrogens is 272 g/mol. The number of carbonyl (C=O) groups is 3. The first-order chi connectivity index (χ1) is 10.1. The molecule has 1 aromatic carbocycles. The highest BCUT2D eigenvalue weighted by atomic mass is 16.5. The number of amides is 4. The second-order valence-electron chi connectivity index (χ2n) is 5.40. The number of rotatable bonds is 4. The van der Waals surface area contributed by atoms with Gasteiger partial charge in [-0.05, 0) is 37.0 Å². The van der Waals surface area contributed by atoms with Crippen molar-refractivity contribution in [3.63, 3.8) is 0 Å². The summed E-state index contributed by atoms with van der Waals surface area (Å²) in [5.41, 5.74) is 0.0338. The summed E-state index contributed by atoms with van der Waals surface area (Å²) in [6.07, 6.45) is 1.61. The molecular formula is C15H16N2O4. The van der Waals surface area contributed by atoms with Crippen LogP contribution >= 0.6 is 0 Å². The van der Waals surface area contributed by atoms with Gasteiger partial charge in [0, 0.05) is 6.54 Å². The van der Waals surface area contributed by atoms with Crippen LogP contribution in [-0.4, -0.2) is 36.4 Å². The molecule has 2 aliphatic rings. The third-order valence-corrected chi connectivity index (χ3v) is 4.09. The second kappa shape index (κ2) is 4.87. The standard InChI is InChI=1S/C15H16N2O4/c1-21-11-4-2-10(3-5-11)6-9-17-13(19)15(7-8-15)12(18)16-14(17)20/h2-5H,6-9H2,1H3,(H,16,18,20). The van der Waals surface area contributed by atoms with E-state index in [2.05, 4.69) is 5.32 Å². The minimum Gasteiger partial charge on any atom is -0.497 e. The van der Waals surface area contributed by atoms with Crippen LogP contribution in [0.5, 0.6) is 5.75 Å². The van der Waals surface area contributed by atoms with Crippen LogP contribution in [0.3, 0.4) is 0 Å². The van der Waals surface area contributed by atoms with E-state index in [1.54, 1.807) is 7.11 Å². The Hall–Kier alpha value is -2.37.